The predicted octanol–water partition coefficient (Wildman–Crippen LogP) is 1.74. The first kappa shape index (κ1) is 18.2. The first-order chi connectivity index (χ1) is 12.3. The molecule has 2 heterocycles. The van der Waals surface area contributed by atoms with E-state index >= 15 is 0 Å². The molecular formula is C18H20O8. The van der Waals surface area contributed by atoms with Crippen LogP contribution in [0.2, 0.25) is 0 Å². The molecule has 0 aromatic heterocycles. The molecule has 8 nitrogen and oxygen atoms in total. The van der Waals surface area contributed by atoms with Gasteiger partial charge in [0.15, 0.2) is 30.0 Å². The molecule has 3 rings (SSSR count). The number of carbonyl (C=O) groups excluding carboxylic acids is 2. The zero-order valence-electron chi connectivity index (χ0n) is 14.7. The standard InChI is InChI=1S/C18H20O8/c1-18(2)24-9-13(26-18)15-16(14(20)17(21)25-15)23-8-12(19)10-4-6-11(22-3)7-5-10/h4-7,13,15,20H,8-9H2,1-3H3/t13-,15-/m1/s1. The van der Waals surface area contributed by atoms with Crippen LogP contribution in [0, 0.1) is 0 Å². The van der Waals surface area contributed by atoms with E-state index in [1.807, 2.05) is 0 Å². The second-order valence-electron chi connectivity index (χ2n) is 6.35. The van der Waals surface area contributed by atoms with Crippen LogP contribution in [0.3, 0.4) is 0 Å². The Morgan fingerprint density at radius 3 is 2.58 bits per heavy atom. The van der Waals surface area contributed by atoms with Crippen molar-refractivity contribution in [2.24, 2.45) is 0 Å². The minimum absolute atomic E-state index is 0.122. The van der Waals surface area contributed by atoms with Crippen molar-refractivity contribution in [3.63, 3.8) is 0 Å². The van der Waals surface area contributed by atoms with Crippen LogP contribution < -0.4 is 4.74 Å². The Labute approximate surface area is 150 Å². The number of aliphatic hydroxyl groups excluding tert-OH is 1. The van der Waals surface area contributed by atoms with Crippen LogP contribution in [0.4, 0.5) is 0 Å². The van der Waals surface area contributed by atoms with Crippen molar-refractivity contribution < 1.29 is 38.4 Å². The molecule has 0 aliphatic carbocycles. The van der Waals surface area contributed by atoms with Crippen molar-refractivity contribution in [1.82, 2.24) is 0 Å². The van der Waals surface area contributed by atoms with E-state index in [1.165, 1.54) is 7.11 Å². The summed E-state index contributed by atoms with van der Waals surface area (Å²) in [5.74, 6) is -2.24. The Balaban J connectivity index is 1.68. The van der Waals surface area contributed by atoms with Crippen LogP contribution in [0.5, 0.6) is 5.75 Å². The van der Waals surface area contributed by atoms with Crippen LogP contribution in [0.1, 0.15) is 24.2 Å². The highest BCUT2D eigenvalue weighted by atomic mass is 16.8. The van der Waals surface area contributed by atoms with E-state index in [2.05, 4.69) is 0 Å². The number of cyclic esters (lactones) is 1. The van der Waals surface area contributed by atoms with Gasteiger partial charge in [0.05, 0.1) is 13.7 Å². The monoisotopic (exact) mass is 364 g/mol. The molecule has 0 spiro atoms. The normalized spacial score (nSPS) is 24.5. The lowest BCUT2D eigenvalue weighted by Gasteiger charge is -2.21. The van der Waals surface area contributed by atoms with E-state index in [-0.39, 0.29) is 24.8 Å². The SMILES string of the molecule is COc1ccc(C(=O)COC2=C(O)C(=O)O[C@@H]2[C@H]2COC(C)(C)O2)cc1. The molecule has 8 heteroatoms. The Bertz CT molecular complexity index is 734. The summed E-state index contributed by atoms with van der Waals surface area (Å²) in [6.07, 6.45) is -1.60. The Morgan fingerprint density at radius 1 is 1.31 bits per heavy atom. The van der Waals surface area contributed by atoms with Gasteiger partial charge < -0.3 is 28.8 Å². The molecule has 0 radical (unpaired) electrons. The minimum atomic E-state index is -0.965. The molecule has 0 bridgehead atoms. The number of esters is 1. The van der Waals surface area contributed by atoms with Crippen LogP contribution >= 0.6 is 0 Å². The number of benzene rings is 1. The molecule has 2 aliphatic rings. The summed E-state index contributed by atoms with van der Waals surface area (Å²) in [4.78, 5) is 24.0. The first-order valence-corrected chi connectivity index (χ1v) is 8.06. The third kappa shape index (κ3) is 3.66. The summed E-state index contributed by atoms with van der Waals surface area (Å²) in [6.45, 7) is 3.25. The number of ether oxygens (including phenoxy) is 5. The molecule has 1 saturated heterocycles. The summed E-state index contributed by atoms with van der Waals surface area (Å²) < 4.78 is 26.7. The van der Waals surface area contributed by atoms with Gasteiger partial charge in [-0.15, -0.1) is 0 Å². The summed E-state index contributed by atoms with van der Waals surface area (Å²) in [5.41, 5.74) is 0.411. The molecule has 1 fully saturated rings. The lowest BCUT2D eigenvalue weighted by Crippen LogP contribution is -2.33. The van der Waals surface area contributed by atoms with Crippen LogP contribution in [0.15, 0.2) is 35.8 Å². The fourth-order valence-electron chi connectivity index (χ4n) is 2.72. The number of methoxy groups -OCH3 is 1. The molecule has 2 atom stereocenters. The second kappa shape index (κ2) is 6.97. The molecule has 0 saturated carbocycles. The number of aliphatic hydroxyl groups is 1. The molecular weight excluding hydrogens is 344 g/mol. The Morgan fingerprint density at radius 2 is 2.00 bits per heavy atom. The zero-order chi connectivity index (χ0) is 18.9. The number of carbonyl (C=O) groups is 2. The number of Topliss-reactive ketones (excluding diaryl/α,β-unsaturated/α-hetero) is 1. The highest BCUT2D eigenvalue weighted by molar-refractivity contribution is 5.97. The molecule has 1 aromatic carbocycles. The van der Waals surface area contributed by atoms with Crippen LogP contribution in [0.25, 0.3) is 0 Å². The lowest BCUT2D eigenvalue weighted by atomic mass is 10.1. The smallest absolute Gasteiger partial charge is 0.378 e. The van der Waals surface area contributed by atoms with Crippen molar-refractivity contribution in [2.75, 3.05) is 20.3 Å². The van der Waals surface area contributed by atoms with E-state index in [0.29, 0.717) is 11.3 Å². The molecule has 140 valence electrons. The van der Waals surface area contributed by atoms with Gasteiger partial charge >= 0.3 is 5.97 Å². The maximum absolute atomic E-state index is 12.3. The first-order valence-electron chi connectivity index (χ1n) is 8.06. The third-order valence-electron chi connectivity index (χ3n) is 4.06. The van der Waals surface area contributed by atoms with Gasteiger partial charge in [0, 0.05) is 5.56 Å². The Kier molecular flexibility index (Phi) is 4.88. The van der Waals surface area contributed by atoms with E-state index in [9.17, 15) is 14.7 Å². The van der Waals surface area contributed by atoms with Crippen molar-refractivity contribution in [3.05, 3.63) is 41.3 Å². The second-order valence-corrected chi connectivity index (χ2v) is 6.35. The van der Waals surface area contributed by atoms with Gasteiger partial charge in [0.1, 0.15) is 11.9 Å². The molecule has 2 aliphatic heterocycles. The van der Waals surface area contributed by atoms with Crippen molar-refractivity contribution in [1.29, 1.82) is 0 Å². The molecule has 26 heavy (non-hydrogen) atoms. The predicted molar refractivity (Wildman–Crippen MR) is 87.7 cm³/mol. The van der Waals surface area contributed by atoms with Crippen LogP contribution in [-0.4, -0.2) is 55.2 Å². The summed E-state index contributed by atoms with van der Waals surface area (Å²) in [5, 5.41) is 9.93. The van der Waals surface area contributed by atoms with Gasteiger partial charge in [-0.1, -0.05) is 0 Å². The number of rotatable bonds is 6. The maximum Gasteiger partial charge on any atom is 0.378 e. The molecule has 0 amide bonds. The topological polar surface area (TPSA) is 101 Å². The average Bonchev–Trinajstić information content (AvgIpc) is 3.12. The fourth-order valence-corrected chi connectivity index (χ4v) is 2.72. The lowest BCUT2D eigenvalue weighted by molar-refractivity contribution is -0.163. The number of hydrogen-bond acceptors (Lipinski definition) is 8. The number of hydrogen-bond donors (Lipinski definition) is 1. The largest absolute Gasteiger partial charge is 0.499 e. The van der Waals surface area contributed by atoms with E-state index in [0.717, 1.165) is 0 Å². The van der Waals surface area contributed by atoms with Crippen molar-refractivity contribution >= 4 is 11.8 Å². The van der Waals surface area contributed by atoms with Gasteiger partial charge in [0.2, 0.25) is 5.76 Å². The quantitative estimate of drug-likeness (QED) is 0.602. The minimum Gasteiger partial charge on any atom is -0.499 e. The van der Waals surface area contributed by atoms with E-state index in [4.69, 9.17) is 23.7 Å². The Hall–Kier alpha value is -2.58. The van der Waals surface area contributed by atoms with Gasteiger partial charge in [-0.2, -0.15) is 0 Å². The fraction of sp³-hybridized carbons (Fsp3) is 0.444. The molecule has 0 unspecified atom stereocenters. The van der Waals surface area contributed by atoms with Gasteiger partial charge in [-0.05, 0) is 38.1 Å². The van der Waals surface area contributed by atoms with E-state index in [1.54, 1.807) is 38.1 Å². The van der Waals surface area contributed by atoms with Crippen molar-refractivity contribution in [3.8, 4) is 5.75 Å². The van der Waals surface area contributed by atoms with Gasteiger partial charge in [-0.25, -0.2) is 4.79 Å². The van der Waals surface area contributed by atoms with E-state index < -0.39 is 29.7 Å². The average molecular weight is 364 g/mol. The maximum atomic E-state index is 12.3. The van der Waals surface area contributed by atoms with Crippen LogP contribution in [-0.2, 0) is 23.7 Å². The van der Waals surface area contributed by atoms with Crippen molar-refractivity contribution in [2.45, 2.75) is 31.8 Å². The summed E-state index contributed by atoms with van der Waals surface area (Å²) in [7, 11) is 1.53. The summed E-state index contributed by atoms with van der Waals surface area (Å²) in [6, 6.07) is 6.51. The van der Waals surface area contributed by atoms with Gasteiger partial charge in [-0.3, -0.25) is 4.79 Å². The summed E-state index contributed by atoms with van der Waals surface area (Å²) >= 11 is 0. The third-order valence-corrected chi connectivity index (χ3v) is 4.06. The van der Waals surface area contributed by atoms with Gasteiger partial charge in [0.25, 0.3) is 0 Å². The highest BCUT2D eigenvalue weighted by Crippen LogP contribution is 2.33. The molecule has 1 N–H and O–H groups in total. The highest BCUT2D eigenvalue weighted by Gasteiger charge is 2.47. The zero-order valence-corrected chi connectivity index (χ0v) is 14.7. The number of ketones is 1. The molecule has 1 aromatic rings.